The second-order valence-corrected chi connectivity index (χ2v) is 8.80. The molecule has 0 bridgehead atoms. The van der Waals surface area contributed by atoms with E-state index in [1.165, 1.54) is 36.4 Å². The van der Waals surface area contributed by atoms with Crippen molar-refractivity contribution in [3.05, 3.63) is 58.3 Å². The highest BCUT2D eigenvalue weighted by Crippen LogP contribution is 2.34. The van der Waals surface area contributed by atoms with Gasteiger partial charge in [0.05, 0.1) is 18.7 Å². The number of hydrogen-bond donors (Lipinski definition) is 0. The van der Waals surface area contributed by atoms with E-state index in [4.69, 9.17) is 32.7 Å². The third kappa shape index (κ3) is 4.10. The first-order chi connectivity index (χ1) is 13.2. The molecule has 0 radical (unpaired) electrons. The molecule has 1 saturated heterocycles. The molecular formula is C18H16Cl2FNO5S. The lowest BCUT2D eigenvalue weighted by Gasteiger charge is -2.22. The number of ether oxygens (including phenoxy) is 2. The van der Waals surface area contributed by atoms with Crippen LogP contribution in [0.1, 0.15) is 6.42 Å². The van der Waals surface area contributed by atoms with Crippen molar-refractivity contribution >= 4 is 39.2 Å². The predicted octanol–water partition coefficient (Wildman–Crippen LogP) is 3.52. The highest BCUT2D eigenvalue weighted by Gasteiger charge is 2.46. The number of carbonyl (C=O) groups is 1. The van der Waals surface area contributed by atoms with Crippen LogP contribution in [-0.2, 0) is 19.6 Å². The fourth-order valence-electron chi connectivity index (χ4n) is 2.99. The van der Waals surface area contributed by atoms with E-state index in [-0.39, 0.29) is 33.7 Å². The number of esters is 1. The lowest BCUT2D eigenvalue weighted by atomic mass is 10.2. The van der Waals surface area contributed by atoms with Crippen LogP contribution in [0.5, 0.6) is 5.75 Å². The number of carbonyl (C=O) groups excluding carboxylic acids is 1. The fraction of sp³-hybridized carbons (Fsp3) is 0.278. The van der Waals surface area contributed by atoms with E-state index in [1.807, 2.05) is 0 Å². The SMILES string of the molecule is COC(=O)C1CC(Oc2ccccc2F)CN1S(=O)(=O)c1cc(Cl)ccc1Cl. The van der Waals surface area contributed by atoms with Gasteiger partial charge in [0.15, 0.2) is 11.6 Å². The van der Waals surface area contributed by atoms with Gasteiger partial charge >= 0.3 is 5.97 Å². The van der Waals surface area contributed by atoms with Gasteiger partial charge in [-0.3, -0.25) is 4.79 Å². The zero-order valence-corrected chi connectivity index (χ0v) is 17.0. The van der Waals surface area contributed by atoms with E-state index in [0.29, 0.717) is 0 Å². The number of nitrogens with zero attached hydrogens (tertiary/aromatic N) is 1. The smallest absolute Gasteiger partial charge is 0.324 e. The number of benzene rings is 2. The normalized spacial score (nSPS) is 20.1. The van der Waals surface area contributed by atoms with Gasteiger partial charge in [0.2, 0.25) is 10.0 Å². The van der Waals surface area contributed by atoms with E-state index in [0.717, 1.165) is 11.4 Å². The molecule has 0 aliphatic carbocycles. The fourth-order valence-corrected chi connectivity index (χ4v) is 5.35. The first-order valence-corrected chi connectivity index (χ1v) is 10.4. The summed E-state index contributed by atoms with van der Waals surface area (Å²) >= 11 is 12.0. The molecular weight excluding hydrogens is 432 g/mol. The standard InChI is InChI=1S/C18H16Cl2FNO5S/c1-26-18(23)15-9-12(27-16-5-3-2-4-14(16)21)10-22(15)28(24,25)17-8-11(19)6-7-13(17)20/h2-8,12,15H,9-10H2,1H3. The molecule has 2 aromatic carbocycles. The summed E-state index contributed by atoms with van der Waals surface area (Å²) in [6.45, 7) is -0.181. The zero-order chi connectivity index (χ0) is 20.5. The van der Waals surface area contributed by atoms with Crippen molar-refractivity contribution < 1.29 is 27.1 Å². The largest absolute Gasteiger partial charge is 0.486 e. The summed E-state index contributed by atoms with van der Waals surface area (Å²) in [6.07, 6.45) is -0.757. The van der Waals surface area contributed by atoms with Crippen LogP contribution in [0.15, 0.2) is 47.4 Å². The third-order valence-electron chi connectivity index (χ3n) is 4.30. The number of sulfonamides is 1. The molecule has 1 fully saturated rings. The molecule has 0 spiro atoms. The van der Waals surface area contributed by atoms with E-state index in [1.54, 1.807) is 6.07 Å². The molecule has 28 heavy (non-hydrogen) atoms. The summed E-state index contributed by atoms with van der Waals surface area (Å²) in [7, 11) is -3.03. The minimum atomic E-state index is -4.19. The van der Waals surface area contributed by atoms with Gasteiger partial charge in [-0.15, -0.1) is 0 Å². The van der Waals surface area contributed by atoms with E-state index in [2.05, 4.69) is 0 Å². The van der Waals surface area contributed by atoms with Gasteiger partial charge in [-0.1, -0.05) is 35.3 Å². The highest BCUT2D eigenvalue weighted by atomic mass is 35.5. The minimum Gasteiger partial charge on any atom is -0.486 e. The van der Waals surface area contributed by atoms with Crippen molar-refractivity contribution in [2.24, 2.45) is 0 Å². The van der Waals surface area contributed by atoms with Crippen LogP contribution in [-0.4, -0.2) is 44.5 Å². The van der Waals surface area contributed by atoms with Crippen LogP contribution in [0.4, 0.5) is 4.39 Å². The van der Waals surface area contributed by atoms with Gasteiger partial charge < -0.3 is 9.47 Å². The Morgan fingerprint density at radius 1 is 1.21 bits per heavy atom. The number of halogens is 3. The van der Waals surface area contributed by atoms with Gasteiger partial charge in [-0.05, 0) is 30.3 Å². The number of para-hydroxylation sites is 1. The van der Waals surface area contributed by atoms with Crippen molar-refractivity contribution in [1.82, 2.24) is 4.31 Å². The molecule has 3 rings (SSSR count). The Labute approximate surface area is 171 Å². The van der Waals surface area contributed by atoms with Crippen molar-refractivity contribution in [3.8, 4) is 5.75 Å². The maximum absolute atomic E-state index is 13.9. The van der Waals surface area contributed by atoms with Crippen LogP contribution in [0.3, 0.4) is 0 Å². The Bertz CT molecular complexity index is 1000. The van der Waals surface area contributed by atoms with Gasteiger partial charge in [-0.25, -0.2) is 12.8 Å². The van der Waals surface area contributed by atoms with Crippen LogP contribution in [0, 0.1) is 5.82 Å². The third-order valence-corrected chi connectivity index (χ3v) is 6.89. The maximum atomic E-state index is 13.9. The van der Waals surface area contributed by atoms with E-state index >= 15 is 0 Å². The Kier molecular flexibility index (Phi) is 6.14. The average molecular weight is 448 g/mol. The van der Waals surface area contributed by atoms with Crippen LogP contribution < -0.4 is 4.74 Å². The van der Waals surface area contributed by atoms with Gasteiger partial charge in [-0.2, -0.15) is 4.31 Å². The van der Waals surface area contributed by atoms with Gasteiger partial charge in [0, 0.05) is 11.4 Å². The summed E-state index contributed by atoms with van der Waals surface area (Å²) in [5.41, 5.74) is 0. The zero-order valence-electron chi connectivity index (χ0n) is 14.6. The van der Waals surface area contributed by atoms with E-state index in [9.17, 15) is 17.6 Å². The summed E-state index contributed by atoms with van der Waals surface area (Å²) in [5, 5.41) is 0.141. The van der Waals surface area contributed by atoms with Crippen molar-refractivity contribution in [3.63, 3.8) is 0 Å². The van der Waals surface area contributed by atoms with Crippen LogP contribution in [0.25, 0.3) is 0 Å². The molecule has 2 atom stereocenters. The van der Waals surface area contributed by atoms with Crippen molar-refractivity contribution in [2.75, 3.05) is 13.7 Å². The Balaban J connectivity index is 1.94. The molecule has 6 nitrogen and oxygen atoms in total. The minimum absolute atomic E-state index is 0.00157. The molecule has 2 unspecified atom stereocenters. The van der Waals surface area contributed by atoms with Gasteiger partial charge in [0.25, 0.3) is 0 Å². The quantitative estimate of drug-likeness (QED) is 0.655. The maximum Gasteiger partial charge on any atom is 0.324 e. The second kappa shape index (κ2) is 8.24. The highest BCUT2D eigenvalue weighted by molar-refractivity contribution is 7.89. The second-order valence-electron chi connectivity index (χ2n) is 6.09. The number of hydrogen-bond acceptors (Lipinski definition) is 5. The lowest BCUT2D eigenvalue weighted by Crippen LogP contribution is -2.41. The molecule has 2 aromatic rings. The topological polar surface area (TPSA) is 72.9 Å². The van der Waals surface area contributed by atoms with Crippen LogP contribution in [0.2, 0.25) is 10.0 Å². The summed E-state index contributed by atoms with van der Waals surface area (Å²) in [5.74, 6) is -1.37. The average Bonchev–Trinajstić information content (AvgIpc) is 3.09. The number of methoxy groups -OCH3 is 1. The molecule has 1 heterocycles. The lowest BCUT2D eigenvalue weighted by molar-refractivity contribution is -0.144. The molecule has 0 amide bonds. The van der Waals surface area contributed by atoms with E-state index < -0.39 is 34.0 Å². The Hall–Kier alpha value is -1.87. The molecule has 0 saturated carbocycles. The summed E-state index contributed by atoms with van der Waals surface area (Å²) < 4.78 is 51.5. The Morgan fingerprint density at radius 3 is 2.61 bits per heavy atom. The first-order valence-electron chi connectivity index (χ1n) is 8.20. The molecule has 1 aliphatic heterocycles. The van der Waals surface area contributed by atoms with Crippen molar-refractivity contribution in [1.29, 1.82) is 0 Å². The predicted molar refractivity (Wildman–Crippen MR) is 102 cm³/mol. The summed E-state index contributed by atoms with van der Waals surface area (Å²) in [4.78, 5) is 12.0. The molecule has 0 aromatic heterocycles. The molecule has 150 valence electrons. The van der Waals surface area contributed by atoms with Crippen LogP contribution >= 0.6 is 23.2 Å². The first kappa shape index (κ1) is 20.9. The monoisotopic (exact) mass is 447 g/mol. The van der Waals surface area contributed by atoms with Gasteiger partial charge in [0.1, 0.15) is 17.0 Å². The molecule has 10 heteroatoms. The van der Waals surface area contributed by atoms with Crippen molar-refractivity contribution in [2.45, 2.75) is 23.5 Å². The number of rotatable bonds is 5. The summed E-state index contributed by atoms with van der Waals surface area (Å²) in [6, 6.07) is 8.62. The molecule has 0 N–H and O–H groups in total. The molecule has 1 aliphatic rings. The Morgan fingerprint density at radius 2 is 1.93 bits per heavy atom.